The lowest BCUT2D eigenvalue weighted by Gasteiger charge is -2.28. The first kappa shape index (κ1) is 16.0. The summed E-state index contributed by atoms with van der Waals surface area (Å²) >= 11 is 0. The van der Waals surface area contributed by atoms with Crippen LogP contribution < -0.4 is 5.32 Å². The zero-order valence-electron chi connectivity index (χ0n) is 12.2. The summed E-state index contributed by atoms with van der Waals surface area (Å²) in [5.41, 5.74) is -0.827. The first-order chi connectivity index (χ1) is 9.04. The van der Waals surface area contributed by atoms with Crippen LogP contribution in [0.1, 0.15) is 71.6 Å². The van der Waals surface area contributed by atoms with Crippen LogP contribution in [0.15, 0.2) is 0 Å². The largest absolute Gasteiger partial charge is 0.481 e. The van der Waals surface area contributed by atoms with Gasteiger partial charge in [-0.25, -0.2) is 0 Å². The van der Waals surface area contributed by atoms with Gasteiger partial charge in [-0.15, -0.1) is 0 Å². The first-order valence-corrected chi connectivity index (χ1v) is 7.57. The van der Waals surface area contributed by atoms with Gasteiger partial charge in [-0.05, 0) is 25.7 Å². The zero-order valence-corrected chi connectivity index (χ0v) is 12.2. The van der Waals surface area contributed by atoms with Crippen molar-refractivity contribution in [1.29, 1.82) is 0 Å². The average molecular weight is 269 g/mol. The van der Waals surface area contributed by atoms with Gasteiger partial charge in [0.15, 0.2) is 0 Å². The highest BCUT2D eigenvalue weighted by Gasteiger charge is 2.40. The number of carboxylic acid groups (broad SMARTS) is 1. The van der Waals surface area contributed by atoms with Gasteiger partial charge in [-0.3, -0.25) is 9.59 Å². The van der Waals surface area contributed by atoms with E-state index in [1.807, 2.05) is 13.8 Å². The lowest BCUT2D eigenvalue weighted by molar-refractivity contribution is -0.153. The molecule has 0 atom stereocenters. The van der Waals surface area contributed by atoms with Crippen molar-refractivity contribution in [3.05, 3.63) is 0 Å². The second kappa shape index (κ2) is 7.51. The van der Waals surface area contributed by atoms with Gasteiger partial charge in [-0.2, -0.15) is 0 Å². The molecule has 19 heavy (non-hydrogen) atoms. The van der Waals surface area contributed by atoms with Gasteiger partial charge < -0.3 is 10.4 Å². The molecule has 4 heteroatoms. The van der Waals surface area contributed by atoms with Crippen LogP contribution in [-0.4, -0.2) is 23.0 Å². The van der Waals surface area contributed by atoms with Gasteiger partial charge in [0.2, 0.25) is 5.91 Å². The number of rotatable bonds is 6. The molecular weight excluding hydrogens is 242 g/mol. The van der Waals surface area contributed by atoms with Crippen molar-refractivity contribution >= 4 is 11.9 Å². The maximum Gasteiger partial charge on any atom is 0.310 e. The number of hydrogen-bond donors (Lipinski definition) is 2. The van der Waals surface area contributed by atoms with Crippen LogP contribution >= 0.6 is 0 Å². The molecule has 0 aromatic heterocycles. The molecule has 110 valence electrons. The second-order valence-electron chi connectivity index (χ2n) is 5.76. The van der Waals surface area contributed by atoms with Crippen molar-refractivity contribution in [3.63, 3.8) is 0 Å². The lowest BCUT2D eigenvalue weighted by atomic mass is 9.77. The standard InChI is InChI=1S/C15H27NO3/c1-3-12(4-2)16-13(17)11-15(14(18)19)9-7-5-6-8-10-15/h12H,3-11H2,1-2H3,(H,16,17)(H,18,19). The molecule has 4 nitrogen and oxygen atoms in total. The van der Waals surface area contributed by atoms with E-state index in [1.165, 1.54) is 0 Å². The van der Waals surface area contributed by atoms with Gasteiger partial charge in [0.05, 0.1) is 5.41 Å². The molecule has 0 aromatic rings. The highest BCUT2D eigenvalue weighted by Crippen LogP contribution is 2.38. The quantitative estimate of drug-likeness (QED) is 0.728. The first-order valence-electron chi connectivity index (χ1n) is 7.57. The maximum atomic E-state index is 12.1. The van der Waals surface area contributed by atoms with E-state index in [9.17, 15) is 14.7 Å². The summed E-state index contributed by atoms with van der Waals surface area (Å²) < 4.78 is 0. The number of amides is 1. The van der Waals surface area contributed by atoms with E-state index in [0.29, 0.717) is 12.8 Å². The highest BCUT2D eigenvalue weighted by atomic mass is 16.4. The van der Waals surface area contributed by atoms with E-state index < -0.39 is 11.4 Å². The average Bonchev–Trinajstić information content (AvgIpc) is 2.62. The van der Waals surface area contributed by atoms with Crippen molar-refractivity contribution in [2.45, 2.75) is 77.7 Å². The molecule has 0 heterocycles. The summed E-state index contributed by atoms with van der Waals surface area (Å²) in [6.45, 7) is 4.07. The normalized spacial score (nSPS) is 18.9. The highest BCUT2D eigenvalue weighted by molar-refractivity contribution is 5.85. The Hall–Kier alpha value is -1.06. The Kier molecular flexibility index (Phi) is 6.32. The minimum absolute atomic E-state index is 0.0991. The van der Waals surface area contributed by atoms with Gasteiger partial charge in [0, 0.05) is 12.5 Å². The zero-order chi connectivity index (χ0) is 14.3. The summed E-state index contributed by atoms with van der Waals surface area (Å²) in [6.07, 6.45) is 7.21. The van der Waals surface area contributed by atoms with Gasteiger partial charge >= 0.3 is 5.97 Å². The van der Waals surface area contributed by atoms with E-state index in [4.69, 9.17) is 0 Å². The van der Waals surface area contributed by atoms with Crippen molar-refractivity contribution in [2.75, 3.05) is 0 Å². The molecule has 1 rings (SSSR count). The summed E-state index contributed by atoms with van der Waals surface area (Å²) in [4.78, 5) is 23.7. The topological polar surface area (TPSA) is 66.4 Å². The molecular formula is C15H27NO3. The third-order valence-corrected chi connectivity index (χ3v) is 4.36. The van der Waals surface area contributed by atoms with Crippen LogP contribution in [0, 0.1) is 5.41 Å². The third-order valence-electron chi connectivity index (χ3n) is 4.36. The number of aliphatic carboxylic acids is 1. The molecule has 1 aliphatic carbocycles. The molecule has 1 aliphatic rings. The number of hydrogen-bond acceptors (Lipinski definition) is 2. The Morgan fingerprint density at radius 1 is 1.11 bits per heavy atom. The summed E-state index contributed by atoms with van der Waals surface area (Å²) in [7, 11) is 0. The molecule has 0 saturated heterocycles. The smallest absolute Gasteiger partial charge is 0.310 e. The van der Waals surface area contributed by atoms with Crippen LogP contribution in [0.2, 0.25) is 0 Å². The summed E-state index contributed by atoms with van der Waals surface area (Å²) in [5.74, 6) is -0.896. The van der Waals surface area contributed by atoms with E-state index in [0.717, 1.165) is 38.5 Å². The molecule has 0 spiro atoms. The van der Waals surface area contributed by atoms with Crippen LogP contribution in [0.25, 0.3) is 0 Å². The molecule has 0 radical (unpaired) electrons. The van der Waals surface area contributed by atoms with Crippen molar-refractivity contribution in [1.82, 2.24) is 5.32 Å². The Morgan fingerprint density at radius 2 is 1.63 bits per heavy atom. The molecule has 0 bridgehead atoms. The van der Waals surface area contributed by atoms with Crippen LogP contribution in [-0.2, 0) is 9.59 Å². The van der Waals surface area contributed by atoms with Crippen LogP contribution in [0.5, 0.6) is 0 Å². The van der Waals surface area contributed by atoms with Crippen molar-refractivity contribution < 1.29 is 14.7 Å². The number of carbonyl (C=O) groups is 2. The summed E-state index contributed by atoms with van der Waals surface area (Å²) in [5, 5.41) is 12.5. The molecule has 0 aromatic carbocycles. The van der Waals surface area contributed by atoms with Gasteiger partial charge in [0.1, 0.15) is 0 Å². The fourth-order valence-corrected chi connectivity index (χ4v) is 2.95. The predicted molar refractivity (Wildman–Crippen MR) is 74.9 cm³/mol. The molecule has 1 saturated carbocycles. The molecule has 1 fully saturated rings. The van der Waals surface area contributed by atoms with Crippen LogP contribution in [0.4, 0.5) is 0 Å². The Balaban J connectivity index is 2.67. The van der Waals surface area contributed by atoms with Gasteiger partial charge in [0.25, 0.3) is 0 Å². The maximum absolute atomic E-state index is 12.1. The fourth-order valence-electron chi connectivity index (χ4n) is 2.95. The van der Waals surface area contributed by atoms with E-state index in [-0.39, 0.29) is 18.4 Å². The summed E-state index contributed by atoms with van der Waals surface area (Å²) in [6, 6.07) is 0.170. The van der Waals surface area contributed by atoms with E-state index >= 15 is 0 Å². The molecule has 0 unspecified atom stereocenters. The molecule has 1 amide bonds. The Morgan fingerprint density at radius 3 is 2.05 bits per heavy atom. The molecule has 0 aliphatic heterocycles. The molecule has 2 N–H and O–H groups in total. The third kappa shape index (κ3) is 4.51. The predicted octanol–water partition coefficient (Wildman–Crippen LogP) is 3.11. The Labute approximate surface area is 116 Å². The van der Waals surface area contributed by atoms with Crippen molar-refractivity contribution in [2.24, 2.45) is 5.41 Å². The second-order valence-corrected chi connectivity index (χ2v) is 5.76. The minimum Gasteiger partial charge on any atom is -0.481 e. The lowest BCUT2D eigenvalue weighted by Crippen LogP contribution is -2.40. The van der Waals surface area contributed by atoms with Crippen molar-refractivity contribution in [3.8, 4) is 0 Å². The monoisotopic (exact) mass is 269 g/mol. The number of carbonyl (C=O) groups excluding carboxylic acids is 1. The number of carboxylic acids is 1. The number of nitrogens with one attached hydrogen (secondary N) is 1. The Bertz CT molecular complexity index is 303. The minimum atomic E-state index is -0.827. The van der Waals surface area contributed by atoms with Gasteiger partial charge in [-0.1, -0.05) is 39.5 Å². The fraction of sp³-hybridized carbons (Fsp3) is 0.867. The SMILES string of the molecule is CCC(CC)NC(=O)CC1(C(=O)O)CCCCCC1. The van der Waals surface area contributed by atoms with E-state index in [1.54, 1.807) is 0 Å². The van der Waals surface area contributed by atoms with Crippen LogP contribution in [0.3, 0.4) is 0 Å². The van der Waals surface area contributed by atoms with E-state index in [2.05, 4.69) is 5.32 Å².